The molecule has 1 spiro atoms. The van der Waals surface area contributed by atoms with Gasteiger partial charge in [0.05, 0.1) is 11.1 Å². The second-order valence-corrected chi connectivity index (χ2v) is 9.91. The second-order valence-electron chi connectivity index (χ2n) is 8.85. The van der Waals surface area contributed by atoms with Gasteiger partial charge in [-0.1, -0.05) is 17.4 Å². The maximum Gasteiger partial charge on any atom is 0.272 e. The van der Waals surface area contributed by atoms with Crippen LogP contribution in [0.5, 0.6) is 5.75 Å². The van der Waals surface area contributed by atoms with Crippen molar-refractivity contribution >= 4 is 23.2 Å². The lowest BCUT2D eigenvalue weighted by Gasteiger charge is -2.45. The van der Waals surface area contributed by atoms with Gasteiger partial charge in [0, 0.05) is 45.2 Å². The number of aromatic hydroxyl groups is 1. The van der Waals surface area contributed by atoms with Crippen molar-refractivity contribution in [2.45, 2.75) is 38.3 Å². The van der Waals surface area contributed by atoms with E-state index < -0.39 is 34.3 Å². The minimum Gasteiger partial charge on any atom is -0.503 e. The highest BCUT2D eigenvalue weighted by atomic mass is 32.1. The average molecular weight is 502 g/mol. The van der Waals surface area contributed by atoms with Gasteiger partial charge in [-0.15, -0.1) is 10.2 Å². The number of carbonyl (C=O) groups excluding carboxylic acids is 2. The van der Waals surface area contributed by atoms with E-state index in [1.165, 1.54) is 19.2 Å². The van der Waals surface area contributed by atoms with E-state index in [4.69, 9.17) is 0 Å². The number of likely N-dealkylation sites (tertiary alicyclic amines) is 1. The van der Waals surface area contributed by atoms with Crippen molar-refractivity contribution in [2.75, 3.05) is 13.1 Å². The van der Waals surface area contributed by atoms with Crippen molar-refractivity contribution < 1.29 is 23.5 Å². The number of fused-ring (bicyclic) bond motifs is 1. The lowest BCUT2D eigenvalue weighted by atomic mass is 9.85. The molecule has 2 amide bonds. The van der Waals surface area contributed by atoms with Crippen molar-refractivity contribution in [3.63, 3.8) is 0 Å². The molecule has 4 heterocycles. The van der Waals surface area contributed by atoms with Crippen molar-refractivity contribution in [1.82, 2.24) is 25.0 Å². The van der Waals surface area contributed by atoms with Crippen LogP contribution in [0.2, 0.25) is 0 Å². The first kappa shape index (κ1) is 23.1. The van der Waals surface area contributed by atoms with E-state index >= 15 is 0 Å². The lowest BCUT2D eigenvalue weighted by Crippen LogP contribution is -2.61. The number of nitrogens with one attached hydrogen (secondary N) is 1. The van der Waals surface area contributed by atoms with E-state index in [9.17, 15) is 28.3 Å². The summed E-state index contributed by atoms with van der Waals surface area (Å²) in [7, 11) is 0. The van der Waals surface area contributed by atoms with Gasteiger partial charge in [-0.25, -0.2) is 8.78 Å². The fourth-order valence-corrected chi connectivity index (χ4v) is 5.49. The zero-order valence-electron chi connectivity index (χ0n) is 18.7. The van der Waals surface area contributed by atoms with Crippen LogP contribution < -0.4 is 10.7 Å². The number of pyridine rings is 1. The van der Waals surface area contributed by atoms with Gasteiger partial charge in [-0.05, 0) is 24.5 Å². The molecular formula is C23H21F2N5O4S. The Morgan fingerprint density at radius 3 is 2.66 bits per heavy atom. The van der Waals surface area contributed by atoms with Gasteiger partial charge in [-0.2, -0.15) is 0 Å². The van der Waals surface area contributed by atoms with E-state index in [1.54, 1.807) is 9.47 Å². The van der Waals surface area contributed by atoms with E-state index in [0.29, 0.717) is 37.5 Å². The molecule has 1 fully saturated rings. The Morgan fingerprint density at radius 2 is 1.97 bits per heavy atom. The highest BCUT2D eigenvalue weighted by Crippen LogP contribution is 2.33. The number of hydrogen-bond donors (Lipinski definition) is 2. The molecule has 1 saturated heterocycles. The summed E-state index contributed by atoms with van der Waals surface area (Å²) in [5, 5.41) is 22.2. The third-order valence-electron chi connectivity index (χ3n) is 6.54. The second kappa shape index (κ2) is 8.52. The van der Waals surface area contributed by atoms with Crippen LogP contribution in [0.15, 0.2) is 29.2 Å². The molecule has 2 aliphatic heterocycles. The molecule has 1 aromatic carbocycles. The number of hydrogen-bond acceptors (Lipinski definition) is 7. The summed E-state index contributed by atoms with van der Waals surface area (Å²) in [6.45, 7) is 2.79. The molecule has 3 aromatic rings. The number of amides is 2. The first-order valence-electron chi connectivity index (χ1n) is 11.0. The molecule has 12 heteroatoms. The summed E-state index contributed by atoms with van der Waals surface area (Å²) in [6, 6.07) is 3.25. The van der Waals surface area contributed by atoms with Gasteiger partial charge >= 0.3 is 0 Å². The van der Waals surface area contributed by atoms with E-state index in [0.717, 1.165) is 23.5 Å². The summed E-state index contributed by atoms with van der Waals surface area (Å²) in [5.41, 5.74) is -1.20. The van der Waals surface area contributed by atoms with Crippen LogP contribution in [0.25, 0.3) is 10.6 Å². The fourth-order valence-electron chi connectivity index (χ4n) is 4.63. The summed E-state index contributed by atoms with van der Waals surface area (Å²) >= 11 is 1.05. The highest BCUT2D eigenvalue weighted by molar-refractivity contribution is 7.14. The van der Waals surface area contributed by atoms with Gasteiger partial charge in [-0.3, -0.25) is 14.4 Å². The Balaban J connectivity index is 1.46. The molecule has 2 aliphatic rings. The predicted molar refractivity (Wildman–Crippen MR) is 122 cm³/mol. The summed E-state index contributed by atoms with van der Waals surface area (Å²) in [6.07, 6.45) is 2.61. The Hall–Kier alpha value is -3.67. The summed E-state index contributed by atoms with van der Waals surface area (Å²) < 4.78 is 28.7. The lowest BCUT2D eigenvalue weighted by molar-refractivity contribution is -0.130. The van der Waals surface area contributed by atoms with E-state index in [1.807, 2.05) is 0 Å². The normalized spacial score (nSPS) is 16.8. The Bertz CT molecular complexity index is 1410. The number of nitrogens with zero attached hydrogens (tertiary/aromatic N) is 4. The summed E-state index contributed by atoms with van der Waals surface area (Å²) in [4.78, 5) is 39.1. The van der Waals surface area contributed by atoms with Crippen LogP contribution in [0.4, 0.5) is 8.78 Å². The van der Waals surface area contributed by atoms with Crippen molar-refractivity contribution in [1.29, 1.82) is 0 Å². The SMILES string of the molecule is CC(=O)N1CCC2(CC1)Cn1cc(-c3nnc(Cc4ccc(F)cc4F)s3)c(=O)c(O)c1C(=O)N2. The van der Waals surface area contributed by atoms with Gasteiger partial charge in [0.15, 0.2) is 16.5 Å². The van der Waals surface area contributed by atoms with E-state index in [2.05, 4.69) is 15.5 Å². The van der Waals surface area contributed by atoms with Gasteiger partial charge < -0.3 is 19.9 Å². The number of piperidine rings is 1. The first-order chi connectivity index (χ1) is 16.7. The van der Waals surface area contributed by atoms with Crippen molar-refractivity contribution in [2.24, 2.45) is 0 Å². The molecule has 0 bridgehead atoms. The molecule has 0 radical (unpaired) electrons. The largest absolute Gasteiger partial charge is 0.503 e. The number of halogens is 2. The Morgan fingerprint density at radius 1 is 1.23 bits per heavy atom. The molecule has 182 valence electrons. The summed E-state index contributed by atoms with van der Waals surface area (Å²) in [5.74, 6) is -2.66. The minimum absolute atomic E-state index is 0.0291. The smallest absolute Gasteiger partial charge is 0.272 e. The average Bonchev–Trinajstić information content (AvgIpc) is 3.26. The molecule has 0 aliphatic carbocycles. The number of aromatic nitrogens is 3. The molecule has 9 nitrogen and oxygen atoms in total. The fraction of sp³-hybridized carbons (Fsp3) is 0.348. The van der Waals surface area contributed by atoms with Crippen LogP contribution in [0.3, 0.4) is 0 Å². The van der Waals surface area contributed by atoms with Crippen molar-refractivity contribution in [3.8, 4) is 16.3 Å². The third kappa shape index (κ3) is 4.18. The maximum absolute atomic E-state index is 14.0. The molecular weight excluding hydrogens is 480 g/mol. The molecule has 2 aromatic heterocycles. The molecule has 0 saturated carbocycles. The zero-order valence-corrected chi connectivity index (χ0v) is 19.5. The number of benzene rings is 1. The van der Waals surface area contributed by atoms with Crippen LogP contribution in [-0.4, -0.2) is 55.2 Å². The number of carbonyl (C=O) groups is 2. The van der Waals surface area contributed by atoms with Gasteiger partial charge in [0.2, 0.25) is 11.3 Å². The van der Waals surface area contributed by atoms with E-state index in [-0.39, 0.29) is 34.2 Å². The minimum atomic E-state index is -0.760. The van der Waals surface area contributed by atoms with Crippen LogP contribution in [0, 0.1) is 11.6 Å². The standard InChI is InChI=1S/C23H21F2N5O4S/c1-12(31)29-6-4-23(5-7-29)11-30-10-15(19(32)20(33)18(30)21(34)26-23)22-28-27-17(35-22)8-13-2-3-14(24)9-16(13)25/h2-3,9-10,33H,4-8,11H2,1H3,(H,26,34). The highest BCUT2D eigenvalue weighted by Gasteiger charge is 2.42. The molecule has 0 unspecified atom stereocenters. The monoisotopic (exact) mass is 501 g/mol. The topological polar surface area (TPSA) is 117 Å². The predicted octanol–water partition coefficient (Wildman–Crippen LogP) is 2.07. The maximum atomic E-state index is 14.0. The number of rotatable bonds is 3. The molecule has 35 heavy (non-hydrogen) atoms. The quantitative estimate of drug-likeness (QED) is 0.568. The Labute approximate surface area is 202 Å². The van der Waals surface area contributed by atoms with Crippen molar-refractivity contribution in [3.05, 3.63) is 62.5 Å². The molecule has 0 atom stereocenters. The van der Waals surface area contributed by atoms with Gasteiger partial charge in [0.25, 0.3) is 5.91 Å². The molecule has 5 rings (SSSR count). The van der Waals surface area contributed by atoms with Crippen LogP contribution in [0.1, 0.15) is 40.8 Å². The Kier molecular flexibility index (Phi) is 5.62. The van der Waals surface area contributed by atoms with Crippen LogP contribution in [-0.2, 0) is 17.8 Å². The van der Waals surface area contributed by atoms with Gasteiger partial charge in [0.1, 0.15) is 16.6 Å². The first-order valence-corrected chi connectivity index (χ1v) is 11.8. The zero-order chi connectivity index (χ0) is 24.9. The van der Waals surface area contributed by atoms with Crippen LogP contribution >= 0.6 is 11.3 Å². The molecule has 2 N–H and O–H groups in total. The third-order valence-corrected chi connectivity index (χ3v) is 7.50.